The Morgan fingerprint density at radius 2 is 2.04 bits per heavy atom. The van der Waals surface area contributed by atoms with Crippen molar-refractivity contribution in [1.82, 2.24) is 9.38 Å². The van der Waals surface area contributed by atoms with Crippen molar-refractivity contribution in [3.8, 4) is 17.0 Å². The predicted octanol–water partition coefficient (Wildman–Crippen LogP) is 5.50. The molecular formula is C20H15N3OS. The first kappa shape index (κ1) is 15.4. The van der Waals surface area contributed by atoms with Crippen molar-refractivity contribution < 1.29 is 4.74 Å². The maximum absolute atomic E-state index is 6.98. The van der Waals surface area contributed by atoms with Gasteiger partial charge in [-0.25, -0.2) is 9.83 Å². The normalized spacial score (nSPS) is 10.7. The van der Waals surface area contributed by atoms with Crippen LogP contribution in [-0.4, -0.2) is 9.38 Å². The van der Waals surface area contributed by atoms with E-state index in [0.717, 1.165) is 33.1 Å². The Kier molecular flexibility index (Phi) is 3.96. The standard InChI is InChI=1S/C20H15N3OS/c1-14-11-16(18-12-23-9-10-25-20(23)22-18)5-8-19(14)24-13-15-3-6-17(21-2)7-4-15/h3-12H,13H2,1H3. The van der Waals surface area contributed by atoms with Gasteiger partial charge in [0.2, 0.25) is 0 Å². The molecule has 0 fully saturated rings. The summed E-state index contributed by atoms with van der Waals surface area (Å²) in [6.07, 6.45) is 4.06. The molecule has 0 unspecified atom stereocenters. The van der Waals surface area contributed by atoms with E-state index in [1.807, 2.05) is 65.5 Å². The van der Waals surface area contributed by atoms with Crippen molar-refractivity contribution in [2.75, 3.05) is 0 Å². The zero-order valence-corrected chi connectivity index (χ0v) is 14.5. The third kappa shape index (κ3) is 3.12. The zero-order chi connectivity index (χ0) is 17.2. The molecule has 25 heavy (non-hydrogen) atoms. The number of aromatic nitrogens is 2. The molecule has 0 amide bonds. The molecule has 0 aliphatic carbocycles. The summed E-state index contributed by atoms with van der Waals surface area (Å²) in [5, 5.41) is 2.03. The lowest BCUT2D eigenvalue weighted by atomic mass is 10.1. The first-order valence-electron chi connectivity index (χ1n) is 7.85. The molecule has 2 aromatic heterocycles. The molecule has 0 aliphatic heterocycles. The van der Waals surface area contributed by atoms with Gasteiger partial charge in [0.1, 0.15) is 12.4 Å². The fraction of sp³-hybridized carbons (Fsp3) is 0.100. The minimum Gasteiger partial charge on any atom is -0.489 e. The second-order valence-corrected chi connectivity index (χ2v) is 6.64. The smallest absolute Gasteiger partial charge is 0.194 e. The number of ether oxygens (including phenoxy) is 1. The minimum atomic E-state index is 0.485. The molecule has 0 atom stereocenters. The molecule has 0 N–H and O–H groups in total. The Morgan fingerprint density at radius 3 is 2.76 bits per heavy atom. The number of hydrogen-bond acceptors (Lipinski definition) is 3. The largest absolute Gasteiger partial charge is 0.489 e. The highest BCUT2D eigenvalue weighted by molar-refractivity contribution is 7.15. The SMILES string of the molecule is [C-]#[N+]c1ccc(COc2ccc(-c3cn4ccsc4n3)cc2C)cc1. The molecule has 0 saturated heterocycles. The molecule has 122 valence electrons. The Morgan fingerprint density at radius 1 is 1.20 bits per heavy atom. The van der Waals surface area contributed by atoms with Crippen molar-refractivity contribution in [3.63, 3.8) is 0 Å². The molecule has 0 spiro atoms. The fourth-order valence-electron chi connectivity index (χ4n) is 2.67. The van der Waals surface area contributed by atoms with Gasteiger partial charge in [-0.2, -0.15) is 0 Å². The lowest BCUT2D eigenvalue weighted by Gasteiger charge is -2.10. The van der Waals surface area contributed by atoms with Crippen LogP contribution in [0.25, 0.3) is 21.1 Å². The van der Waals surface area contributed by atoms with Crippen LogP contribution in [0.5, 0.6) is 5.75 Å². The van der Waals surface area contributed by atoms with Crippen LogP contribution in [0.15, 0.2) is 60.2 Å². The highest BCUT2D eigenvalue weighted by Gasteiger charge is 2.08. The average Bonchev–Trinajstić information content (AvgIpc) is 3.23. The maximum atomic E-state index is 6.98. The number of fused-ring (bicyclic) bond motifs is 1. The van der Waals surface area contributed by atoms with Crippen LogP contribution >= 0.6 is 11.3 Å². The van der Waals surface area contributed by atoms with Gasteiger partial charge >= 0.3 is 0 Å². The van der Waals surface area contributed by atoms with Crippen LogP contribution < -0.4 is 4.74 Å². The monoisotopic (exact) mass is 345 g/mol. The summed E-state index contributed by atoms with van der Waals surface area (Å²) in [5.74, 6) is 0.860. The predicted molar refractivity (Wildman–Crippen MR) is 100 cm³/mol. The van der Waals surface area contributed by atoms with Crippen LogP contribution in [0, 0.1) is 13.5 Å². The van der Waals surface area contributed by atoms with E-state index < -0.39 is 0 Å². The van der Waals surface area contributed by atoms with E-state index in [2.05, 4.69) is 15.9 Å². The third-order valence-corrected chi connectivity index (χ3v) is 4.79. The number of nitrogens with zero attached hydrogens (tertiary/aromatic N) is 3. The van der Waals surface area contributed by atoms with Crippen LogP contribution in [0.3, 0.4) is 0 Å². The second kappa shape index (κ2) is 6.42. The number of aryl methyl sites for hydroxylation is 1. The number of benzene rings is 2. The molecular weight excluding hydrogens is 330 g/mol. The summed E-state index contributed by atoms with van der Waals surface area (Å²) >= 11 is 1.63. The van der Waals surface area contributed by atoms with E-state index in [9.17, 15) is 0 Å². The summed E-state index contributed by atoms with van der Waals surface area (Å²) in [4.78, 5) is 9.03. The molecule has 0 aliphatic rings. The lowest BCUT2D eigenvalue weighted by molar-refractivity contribution is 0.304. The van der Waals surface area contributed by atoms with Crippen LogP contribution in [0.2, 0.25) is 0 Å². The fourth-order valence-corrected chi connectivity index (χ4v) is 3.37. The van der Waals surface area contributed by atoms with Gasteiger partial charge in [0.15, 0.2) is 10.6 Å². The number of thiazole rings is 1. The van der Waals surface area contributed by atoms with Crippen LogP contribution in [-0.2, 0) is 6.61 Å². The number of hydrogen-bond donors (Lipinski definition) is 0. The maximum Gasteiger partial charge on any atom is 0.194 e. The Bertz CT molecular complexity index is 1040. The quantitative estimate of drug-likeness (QED) is 0.457. The lowest BCUT2D eigenvalue weighted by Crippen LogP contribution is -1.97. The van der Waals surface area contributed by atoms with Crippen LogP contribution in [0.1, 0.15) is 11.1 Å². The van der Waals surface area contributed by atoms with E-state index in [1.165, 1.54) is 0 Å². The van der Waals surface area contributed by atoms with Gasteiger partial charge in [0.05, 0.1) is 12.3 Å². The first-order chi connectivity index (χ1) is 12.2. The van der Waals surface area contributed by atoms with Gasteiger partial charge in [-0.1, -0.05) is 24.3 Å². The summed E-state index contributed by atoms with van der Waals surface area (Å²) in [5.41, 5.74) is 4.82. The summed E-state index contributed by atoms with van der Waals surface area (Å²) in [6.45, 7) is 9.51. The molecule has 4 rings (SSSR count). The van der Waals surface area contributed by atoms with Gasteiger partial charge in [-0.3, -0.25) is 4.40 Å². The molecule has 4 aromatic rings. The van der Waals surface area contributed by atoms with Gasteiger partial charge < -0.3 is 4.74 Å². The topological polar surface area (TPSA) is 30.9 Å². The van der Waals surface area contributed by atoms with E-state index in [0.29, 0.717) is 12.3 Å². The highest BCUT2D eigenvalue weighted by Crippen LogP contribution is 2.27. The molecule has 0 radical (unpaired) electrons. The minimum absolute atomic E-state index is 0.485. The van der Waals surface area contributed by atoms with Crippen molar-refractivity contribution >= 4 is 22.0 Å². The summed E-state index contributed by atoms with van der Waals surface area (Å²) < 4.78 is 7.96. The van der Waals surface area contributed by atoms with E-state index in [-0.39, 0.29) is 0 Å². The molecule has 0 saturated carbocycles. The third-order valence-electron chi connectivity index (χ3n) is 4.02. The van der Waals surface area contributed by atoms with E-state index in [1.54, 1.807) is 11.3 Å². The van der Waals surface area contributed by atoms with E-state index >= 15 is 0 Å². The molecule has 4 nitrogen and oxygen atoms in total. The van der Waals surface area contributed by atoms with Gasteiger partial charge in [0, 0.05) is 23.3 Å². The van der Waals surface area contributed by atoms with Gasteiger partial charge in [-0.15, -0.1) is 11.3 Å². The zero-order valence-electron chi connectivity index (χ0n) is 13.6. The molecule has 2 heterocycles. The van der Waals surface area contributed by atoms with E-state index in [4.69, 9.17) is 11.3 Å². The van der Waals surface area contributed by atoms with Gasteiger partial charge in [0.25, 0.3) is 0 Å². The van der Waals surface area contributed by atoms with Gasteiger partial charge in [-0.05, 0) is 36.2 Å². The molecule has 2 aromatic carbocycles. The Balaban J connectivity index is 1.51. The van der Waals surface area contributed by atoms with Crippen molar-refractivity contribution in [3.05, 3.63) is 82.8 Å². The van der Waals surface area contributed by atoms with Crippen molar-refractivity contribution in [1.29, 1.82) is 0 Å². The Hall–Kier alpha value is -3.10. The first-order valence-corrected chi connectivity index (χ1v) is 8.73. The van der Waals surface area contributed by atoms with Crippen LogP contribution in [0.4, 0.5) is 5.69 Å². The number of imidazole rings is 1. The average molecular weight is 345 g/mol. The highest BCUT2D eigenvalue weighted by atomic mass is 32.1. The summed E-state index contributed by atoms with van der Waals surface area (Å²) in [6, 6.07) is 13.6. The van der Waals surface area contributed by atoms with Crippen molar-refractivity contribution in [2.24, 2.45) is 0 Å². The Labute approximate surface area is 149 Å². The van der Waals surface area contributed by atoms with Crippen molar-refractivity contribution in [2.45, 2.75) is 13.5 Å². The number of rotatable bonds is 4. The molecule has 5 heteroatoms. The second-order valence-electron chi connectivity index (χ2n) is 5.77. The summed E-state index contributed by atoms with van der Waals surface area (Å²) in [7, 11) is 0. The molecule has 0 bridgehead atoms.